The molecule has 0 saturated carbocycles. The zero-order chi connectivity index (χ0) is 20.7. The maximum atomic E-state index is 11.0. The number of anilines is 2. The van der Waals surface area contributed by atoms with Gasteiger partial charge in [0.15, 0.2) is 0 Å². The average Bonchev–Trinajstić information content (AvgIpc) is 2.63. The van der Waals surface area contributed by atoms with Crippen LogP contribution in [0.15, 0.2) is 18.2 Å². The minimum atomic E-state index is -0.888. The third kappa shape index (κ3) is 5.82. The summed E-state index contributed by atoms with van der Waals surface area (Å²) in [7, 11) is 1.56. The lowest BCUT2D eigenvalue weighted by Gasteiger charge is -2.19. The second kappa shape index (κ2) is 9.89. The number of ether oxygens (including phenoxy) is 1. The first-order chi connectivity index (χ1) is 13.3. The maximum Gasteiger partial charge on any atom is 0.307 e. The molecule has 0 spiro atoms. The van der Waals surface area contributed by atoms with Crippen LogP contribution >= 0.6 is 0 Å². The molecule has 1 atom stereocenters. The first kappa shape index (κ1) is 21.4. The second-order valence-electron chi connectivity index (χ2n) is 6.80. The van der Waals surface area contributed by atoms with Crippen LogP contribution in [0.3, 0.4) is 0 Å². The number of nitrogens with two attached hydrogens (primary N) is 1. The standard InChI is InChI=1S/C20H28N4O4/c1-12(5-4-8-25)22-19-16(13(2)23-20(21)24-19)11-15-7-6-14(10-18(26)27)9-17(15)28-3/h6-7,9,12,25H,4-5,8,10-11H2,1-3H3,(H,26,27)(H3,21,22,23,24)/t12-/m0/s1. The highest BCUT2D eigenvalue weighted by Gasteiger charge is 2.16. The Morgan fingerprint density at radius 1 is 1.36 bits per heavy atom. The minimum absolute atomic E-state index is 0.0597. The Morgan fingerprint density at radius 3 is 2.75 bits per heavy atom. The van der Waals surface area contributed by atoms with Crippen molar-refractivity contribution in [2.45, 2.75) is 45.6 Å². The van der Waals surface area contributed by atoms with Crippen molar-refractivity contribution in [3.8, 4) is 5.75 Å². The van der Waals surface area contributed by atoms with Gasteiger partial charge in [0, 0.05) is 30.3 Å². The van der Waals surface area contributed by atoms with E-state index in [9.17, 15) is 4.79 Å². The SMILES string of the molecule is COc1cc(CC(=O)O)ccc1Cc1c(C)nc(N)nc1N[C@@H](C)CCCO. The number of nitrogens with zero attached hydrogens (tertiary/aromatic N) is 2. The normalized spacial score (nSPS) is 11.9. The van der Waals surface area contributed by atoms with E-state index < -0.39 is 5.97 Å². The number of nitrogens with one attached hydrogen (secondary N) is 1. The van der Waals surface area contributed by atoms with E-state index in [2.05, 4.69) is 15.3 Å². The van der Waals surface area contributed by atoms with Gasteiger partial charge in [0.2, 0.25) is 5.95 Å². The van der Waals surface area contributed by atoms with E-state index in [0.717, 1.165) is 23.2 Å². The first-order valence-electron chi connectivity index (χ1n) is 9.22. The molecule has 152 valence electrons. The second-order valence-corrected chi connectivity index (χ2v) is 6.80. The van der Waals surface area contributed by atoms with E-state index in [4.69, 9.17) is 20.7 Å². The maximum absolute atomic E-state index is 11.0. The van der Waals surface area contributed by atoms with Crippen molar-refractivity contribution in [1.29, 1.82) is 0 Å². The Bertz CT molecular complexity index is 826. The Labute approximate surface area is 164 Å². The van der Waals surface area contributed by atoms with Gasteiger partial charge in [-0.1, -0.05) is 12.1 Å². The van der Waals surface area contributed by atoms with Crippen LogP contribution in [0.2, 0.25) is 0 Å². The van der Waals surface area contributed by atoms with Crippen molar-refractivity contribution in [3.05, 3.63) is 40.6 Å². The van der Waals surface area contributed by atoms with Crippen molar-refractivity contribution in [1.82, 2.24) is 9.97 Å². The van der Waals surface area contributed by atoms with E-state index in [1.54, 1.807) is 19.2 Å². The van der Waals surface area contributed by atoms with E-state index in [1.165, 1.54) is 0 Å². The lowest BCUT2D eigenvalue weighted by atomic mass is 10.00. The number of aliphatic carboxylic acids is 1. The third-order valence-electron chi connectivity index (χ3n) is 4.48. The van der Waals surface area contributed by atoms with Crippen LogP contribution in [0, 0.1) is 6.92 Å². The zero-order valence-electron chi connectivity index (χ0n) is 16.5. The summed E-state index contributed by atoms with van der Waals surface area (Å²) in [6.07, 6.45) is 1.95. The molecule has 1 aromatic heterocycles. The Hall–Kier alpha value is -2.87. The predicted molar refractivity (Wildman–Crippen MR) is 108 cm³/mol. The van der Waals surface area contributed by atoms with E-state index >= 15 is 0 Å². The topological polar surface area (TPSA) is 131 Å². The van der Waals surface area contributed by atoms with Gasteiger partial charge in [0.1, 0.15) is 11.6 Å². The summed E-state index contributed by atoms with van der Waals surface area (Å²) in [5.74, 6) is 0.587. The van der Waals surface area contributed by atoms with Crippen LogP contribution < -0.4 is 15.8 Å². The van der Waals surface area contributed by atoms with Crippen LogP contribution in [-0.4, -0.2) is 45.9 Å². The number of hydrogen-bond acceptors (Lipinski definition) is 7. The van der Waals surface area contributed by atoms with E-state index in [1.807, 2.05) is 19.9 Å². The molecule has 5 N–H and O–H groups in total. The van der Waals surface area contributed by atoms with Gasteiger partial charge in [0.05, 0.1) is 13.5 Å². The summed E-state index contributed by atoms with van der Waals surface area (Å²) < 4.78 is 5.47. The summed E-state index contributed by atoms with van der Waals surface area (Å²) in [5.41, 5.74) is 9.08. The summed E-state index contributed by atoms with van der Waals surface area (Å²) in [5, 5.41) is 21.4. The van der Waals surface area contributed by atoms with Crippen LogP contribution in [0.1, 0.15) is 42.1 Å². The summed E-state index contributed by atoms with van der Waals surface area (Å²) in [4.78, 5) is 19.6. The molecular formula is C20H28N4O4. The molecule has 0 bridgehead atoms. The number of methoxy groups -OCH3 is 1. The lowest BCUT2D eigenvalue weighted by Crippen LogP contribution is -2.19. The number of aryl methyl sites for hydroxylation is 1. The van der Waals surface area contributed by atoms with Gasteiger partial charge in [-0.15, -0.1) is 0 Å². The monoisotopic (exact) mass is 388 g/mol. The molecule has 0 unspecified atom stereocenters. The average molecular weight is 388 g/mol. The van der Waals surface area contributed by atoms with Crippen molar-refractivity contribution in [3.63, 3.8) is 0 Å². The van der Waals surface area contributed by atoms with E-state index in [-0.39, 0.29) is 25.0 Å². The largest absolute Gasteiger partial charge is 0.496 e. The molecule has 0 saturated heterocycles. The van der Waals surface area contributed by atoms with Gasteiger partial charge in [-0.05, 0) is 43.9 Å². The van der Waals surface area contributed by atoms with Gasteiger partial charge in [-0.3, -0.25) is 4.79 Å². The number of aromatic nitrogens is 2. The highest BCUT2D eigenvalue weighted by Crippen LogP contribution is 2.28. The number of carbonyl (C=O) groups is 1. The highest BCUT2D eigenvalue weighted by atomic mass is 16.5. The van der Waals surface area contributed by atoms with Gasteiger partial charge < -0.3 is 26.0 Å². The zero-order valence-corrected chi connectivity index (χ0v) is 16.5. The molecule has 0 fully saturated rings. The third-order valence-corrected chi connectivity index (χ3v) is 4.48. The smallest absolute Gasteiger partial charge is 0.307 e. The number of carboxylic acids is 1. The number of aliphatic hydroxyl groups excluding tert-OH is 1. The highest BCUT2D eigenvalue weighted by molar-refractivity contribution is 5.70. The van der Waals surface area contributed by atoms with Crippen molar-refractivity contribution < 1.29 is 19.7 Å². The fourth-order valence-electron chi connectivity index (χ4n) is 3.06. The molecule has 28 heavy (non-hydrogen) atoms. The van der Waals surface area contributed by atoms with Crippen molar-refractivity contribution in [2.75, 3.05) is 24.8 Å². The molecule has 0 aliphatic heterocycles. The number of nitrogen functional groups attached to an aromatic ring is 1. The number of aliphatic hydroxyl groups is 1. The summed E-state index contributed by atoms with van der Waals surface area (Å²) in [6.45, 7) is 4.04. The lowest BCUT2D eigenvalue weighted by molar-refractivity contribution is -0.136. The molecule has 2 rings (SSSR count). The number of hydrogen-bond donors (Lipinski definition) is 4. The fraction of sp³-hybridized carbons (Fsp3) is 0.450. The van der Waals surface area contributed by atoms with Crippen LogP contribution in [0.5, 0.6) is 5.75 Å². The molecule has 0 radical (unpaired) electrons. The predicted octanol–water partition coefficient (Wildman–Crippen LogP) is 2.17. The summed E-state index contributed by atoms with van der Waals surface area (Å²) in [6, 6.07) is 5.51. The Kier molecular flexibility index (Phi) is 7.57. The van der Waals surface area contributed by atoms with Crippen LogP contribution in [-0.2, 0) is 17.6 Å². The molecule has 1 aromatic carbocycles. The van der Waals surface area contributed by atoms with Crippen LogP contribution in [0.25, 0.3) is 0 Å². The number of rotatable bonds is 10. The molecular weight excluding hydrogens is 360 g/mol. The van der Waals surface area contributed by atoms with Crippen molar-refractivity contribution >= 4 is 17.7 Å². The molecule has 0 aliphatic rings. The Morgan fingerprint density at radius 2 is 2.11 bits per heavy atom. The molecule has 0 amide bonds. The molecule has 2 aromatic rings. The number of carboxylic acid groups (broad SMARTS) is 1. The van der Waals surface area contributed by atoms with Crippen molar-refractivity contribution in [2.24, 2.45) is 0 Å². The van der Waals surface area contributed by atoms with Gasteiger partial charge in [-0.2, -0.15) is 4.98 Å². The van der Waals surface area contributed by atoms with Gasteiger partial charge >= 0.3 is 5.97 Å². The molecule has 8 nitrogen and oxygen atoms in total. The number of benzene rings is 1. The summed E-state index contributed by atoms with van der Waals surface area (Å²) >= 11 is 0. The van der Waals surface area contributed by atoms with Gasteiger partial charge in [-0.25, -0.2) is 4.98 Å². The molecule has 8 heteroatoms. The van der Waals surface area contributed by atoms with Gasteiger partial charge in [0.25, 0.3) is 0 Å². The van der Waals surface area contributed by atoms with Crippen LogP contribution in [0.4, 0.5) is 11.8 Å². The quantitative estimate of drug-likeness (QED) is 0.487. The first-order valence-corrected chi connectivity index (χ1v) is 9.22. The minimum Gasteiger partial charge on any atom is -0.496 e. The van der Waals surface area contributed by atoms with E-state index in [0.29, 0.717) is 30.0 Å². The Balaban J connectivity index is 2.33. The fourth-order valence-corrected chi connectivity index (χ4v) is 3.06. The molecule has 0 aliphatic carbocycles. The molecule has 1 heterocycles.